The third kappa shape index (κ3) is 1.37. The molecule has 12 heavy (non-hydrogen) atoms. The molecule has 1 heterocycles. The summed E-state index contributed by atoms with van der Waals surface area (Å²) in [5, 5.41) is 16.4. The van der Waals surface area contributed by atoms with Crippen molar-refractivity contribution < 1.29 is 9.52 Å². The SMILES string of the molecule is CC(=N)c1c(O)cc(C)oc1=O. The van der Waals surface area contributed by atoms with Crippen molar-refractivity contribution in [2.75, 3.05) is 0 Å². The van der Waals surface area contributed by atoms with E-state index in [1.807, 2.05) is 0 Å². The summed E-state index contributed by atoms with van der Waals surface area (Å²) in [6.45, 7) is 2.98. The van der Waals surface area contributed by atoms with E-state index in [4.69, 9.17) is 9.83 Å². The highest BCUT2D eigenvalue weighted by molar-refractivity contribution is 5.98. The van der Waals surface area contributed by atoms with Crippen molar-refractivity contribution in [3.8, 4) is 5.75 Å². The van der Waals surface area contributed by atoms with Crippen LogP contribution in [0.15, 0.2) is 15.3 Å². The summed E-state index contributed by atoms with van der Waals surface area (Å²) in [6, 6.07) is 1.31. The maximum absolute atomic E-state index is 11.0. The molecular weight excluding hydrogens is 158 g/mol. The number of aryl methyl sites for hydroxylation is 1. The van der Waals surface area contributed by atoms with Gasteiger partial charge in [0.25, 0.3) is 0 Å². The fraction of sp³-hybridized carbons (Fsp3) is 0.250. The van der Waals surface area contributed by atoms with Gasteiger partial charge in [0.1, 0.15) is 17.1 Å². The van der Waals surface area contributed by atoms with Crippen LogP contribution >= 0.6 is 0 Å². The lowest BCUT2D eigenvalue weighted by Gasteiger charge is -2.00. The Kier molecular flexibility index (Phi) is 1.99. The van der Waals surface area contributed by atoms with Crippen LogP contribution in [-0.4, -0.2) is 10.8 Å². The van der Waals surface area contributed by atoms with E-state index in [-0.39, 0.29) is 17.0 Å². The molecule has 4 heteroatoms. The van der Waals surface area contributed by atoms with Crippen LogP contribution in [0.1, 0.15) is 18.2 Å². The van der Waals surface area contributed by atoms with E-state index in [0.29, 0.717) is 5.76 Å². The highest BCUT2D eigenvalue weighted by atomic mass is 16.4. The van der Waals surface area contributed by atoms with Gasteiger partial charge in [-0.05, 0) is 13.8 Å². The zero-order valence-corrected chi connectivity index (χ0v) is 6.84. The van der Waals surface area contributed by atoms with Crippen molar-refractivity contribution in [3.63, 3.8) is 0 Å². The summed E-state index contributed by atoms with van der Waals surface area (Å²) >= 11 is 0. The lowest BCUT2D eigenvalue weighted by Crippen LogP contribution is -2.11. The first-order chi connectivity index (χ1) is 5.52. The molecule has 0 spiro atoms. The molecule has 1 aromatic heterocycles. The average Bonchev–Trinajstić information content (AvgIpc) is 1.82. The second-order valence-corrected chi connectivity index (χ2v) is 2.53. The summed E-state index contributed by atoms with van der Waals surface area (Å²) in [5.41, 5.74) is -0.734. The Hall–Kier alpha value is -1.58. The first kappa shape index (κ1) is 8.52. The molecule has 0 atom stereocenters. The van der Waals surface area contributed by atoms with Crippen LogP contribution in [0.4, 0.5) is 0 Å². The van der Waals surface area contributed by atoms with E-state index in [9.17, 15) is 9.90 Å². The van der Waals surface area contributed by atoms with Gasteiger partial charge in [-0.1, -0.05) is 0 Å². The lowest BCUT2D eigenvalue weighted by atomic mass is 10.2. The zero-order chi connectivity index (χ0) is 9.30. The van der Waals surface area contributed by atoms with E-state index >= 15 is 0 Å². The standard InChI is InChI=1S/C8H9NO3/c1-4-3-6(10)7(5(2)9)8(11)12-4/h3,9-10H,1-2H3. The fourth-order valence-electron chi connectivity index (χ4n) is 0.941. The van der Waals surface area contributed by atoms with Crippen LogP contribution in [0, 0.1) is 12.3 Å². The third-order valence-corrected chi connectivity index (χ3v) is 1.43. The zero-order valence-electron chi connectivity index (χ0n) is 6.84. The van der Waals surface area contributed by atoms with Gasteiger partial charge in [0.15, 0.2) is 0 Å². The van der Waals surface area contributed by atoms with Crippen LogP contribution in [0.25, 0.3) is 0 Å². The topological polar surface area (TPSA) is 74.3 Å². The molecule has 0 aliphatic carbocycles. The van der Waals surface area contributed by atoms with Gasteiger partial charge in [-0.2, -0.15) is 0 Å². The number of rotatable bonds is 1. The maximum atomic E-state index is 11.0. The molecule has 0 fully saturated rings. The van der Waals surface area contributed by atoms with E-state index in [1.54, 1.807) is 6.92 Å². The third-order valence-electron chi connectivity index (χ3n) is 1.43. The van der Waals surface area contributed by atoms with Crippen LogP contribution in [-0.2, 0) is 0 Å². The minimum atomic E-state index is -0.667. The lowest BCUT2D eigenvalue weighted by molar-refractivity contribution is 0.432. The molecule has 0 aliphatic heterocycles. The van der Waals surface area contributed by atoms with Crippen molar-refractivity contribution in [3.05, 3.63) is 27.8 Å². The molecule has 0 saturated heterocycles. The molecule has 0 radical (unpaired) electrons. The maximum Gasteiger partial charge on any atom is 0.348 e. The minimum absolute atomic E-state index is 0.00116. The van der Waals surface area contributed by atoms with Crippen molar-refractivity contribution in [2.45, 2.75) is 13.8 Å². The van der Waals surface area contributed by atoms with Gasteiger partial charge in [-0.25, -0.2) is 4.79 Å². The summed E-state index contributed by atoms with van der Waals surface area (Å²) in [6.07, 6.45) is 0. The summed E-state index contributed by atoms with van der Waals surface area (Å²) < 4.78 is 4.69. The molecule has 0 saturated carbocycles. The predicted octanol–water partition coefficient (Wildman–Crippen LogP) is 1.04. The number of aromatic hydroxyl groups is 1. The first-order valence-electron chi connectivity index (χ1n) is 3.41. The number of hydrogen-bond acceptors (Lipinski definition) is 4. The van der Waals surface area contributed by atoms with Crippen molar-refractivity contribution in [1.82, 2.24) is 0 Å². The van der Waals surface area contributed by atoms with Gasteiger partial charge in [0.2, 0.25) is 0 Å². The molecule has 64 valence electrons. The van der Waals surface area contributed by atoms with Gasteiger partial charge in [0, 0.05) is 11.8 Å². The van der Waals surface area contributed by atoms with Crippen molar-refractivity contribution in [1.29, 1.82) is 5.41 Å². The van der Waals surface area contributed by atoms with Gasteiger partial charge in [-0.3, -0.25) is 0 Å². The van der Waals surface area contributed by atoms with Gasteiger partial charge in [0.05, 0.1) is 0 Å². The van der Waals surface area contributed by atoms with Crippen LogP contribution in [0.5, 0.6) is 5.75 Å². The van der Waals surface area contributed by atoms with Crippen molar-refractivity contribution in [2.24, 2.45) is 0 Å². The largest absolute Gasteiger partial charge is 0.507 e. The molecule has 0 aliphatic rings. The van der Waals surface area contributed by atoms with Crippen LogP contribution in [0.2, 0.25) is 0 Å². The smallest absolute Gasteiger partial charge is 0.348 e. The molecule has 0 amide bonds. The highest BCUT2D eigenvalue weighted by Crippen LogP contribution is 2.14. The minimum Gasteiger partial charge on any atom is -0.507 e. The number of nitrogens with one attached hydrogen (secondary N) is 1. The fourth-order valence-corrected chi connectivity index (χ4v) is 0.941. The second-order valence-electron chi connectivity index (χ2n) is 2.53. The Morgan fingerprint density at radius 1 is 1.67 bits per heavy atom. The summed E-state index contributed by atoms with van der Waals surface area (Å²) in [7, 11) is 0. The molecule has 0 unspecified atom stereocenters. The van der Waals surface area contributed by atoms with Gasteiger partial charge in [-0.15, -0.1) is 0 Å². The van der Waals surface area contributed by atoms with Crippen molar-refractivity contribution >= 4 is 5.71 Å². The monoisotopic (exact) mass is 167 g/mol. The second kappa shape index (κ2) is 2.81. The van der Waals surface area contributed by atoms with Gasteiger partial charge >= 0.3 is 5.63 Å². The van der Waals surface area contributed by atoms with E-state index < -0.39 is 5.63 Å². The van der Waals surface area contributed by atoms with Crippen LogP contribution in [0.3, 0.4) is 0 Å². The molecule has 1 rings (SSSR count). The molecule has 0 aromatic carbocycles. The summed E-state index contributed by atoms with van der Waals surface area (Å²) in [4.78, 5) is 11.0. The number of hydrogen-bond donors (Lipinski definition) is 2. The quantitative estimate of drug-likeness (QED) is 0.613. The Bertz CT molecular complexity index is 378. The highest BCUT2D eigenvalue weighted by Gasteiger charge is 2.10. The molecule has 0 bridgehead atoms. The first-order valence-corrected chi connectivity index (χ1v) is 3.41. The normalized spacial score (nSPS) is 9.83. The average molecular weight is 167 g/mol. The Labute approximate surface area is 69.0 Å². The Morgan fingerprint density at radius 3 is 2.67 bits per heavy atom. The molecule has 4 nitrogen and oxygen atoms in total. The molecular formula is C8H9NO3. The Balaban J connectivity index is 3.49. The van der Waals surface area contributed by atoms with E-state index in [0.717, 1.165) is 0 Å². The summed E-state index contributed by atoms with van der Waals surface area (Å²) in [5.74, 6) is 0.138. The Morgan fingerprint density at radius 2 is 2.25 bits per heavy atom. The van der Waals surface area contributed by atoms with Gasteiger partial charge < -0.3 is 14.9 Å². The molecule has 2 N–H and O–H groups in total. The van der Waals surface area contributed by atoms with Crippen LogP contribution < -0.4 is 5.63 Å². The van der Waals surface area contributed by atoms with E-state index in [1.165, 1.54) is 13.0 Å². The van der Waals surface area contributed by atoms with E-state index in [2.05, 4.69) is 0 Å². The predicted molar refractivity (Wildman–Crippen MR) is 43.9 cm³/mol. The molecule has 1 aromatic rings.